The predicted octanol–water partition coefficient (Wildman–Crippen LogP) is 0.872. The van der Waals surface area contributed by atoms with Crippen molar-refractivity contribution in [1.29, 1.82) is 5.26 Å². The number of nitrogens with one attached hydrogen (secondary N) is 1. The number of benzene rings is 1. The lowest BCUT2D eigenvalue weighted by atomic mass is 10.2. The van der Waals surface area contributed by atoms with Crippen LogP contribution < -0.4 is 5.32 Å². The van der Waals surface area contributed by atoms with Crippen LogP contribution in [0.1, 0.15) is 12.5 Å². The van der Waals surface area contributed by atoms with Crippen molar-refractivity contribution in [3.63, 3.8) is 0 Å². The van der Waals surface area contributed by atoms with E-state index in [1.165, 1.54) is 12.1 Å². The molecule has 20 heavy (non-hydrogen) atoms. The zero-order valence-corrected chi connectivity index (χ0v) is 12.9. The maximum absolute atomic E-state index is 12.1. The van der Waals surface area contributed by atoms with Crippen LogP contribution in [0.25, 0.3) is 0 Å². The van der Waals surface area contributed by atoms with Gasteiger partial charge in [0.2, 0.25) is 0 Å². The summed E-state index contributed by atoms with van der Waals surface area (Å²) in [6.45, 7) is 3.20. The summed E-state index contributed by atoms with van der Waals surface area (Å²) in [5.41, 5.74) is 0.361. The van der Waals surface area contributed by atoms with Gasteiger partial charge in [-0.25, -0.2) is 8.42 Å². The van der Waals surface area contributed by atoms with Crippen molar-refractivity contribution in [3.05, 3.63) is 29.8 Å². The lowest BCUT2D eigenvalue weighted by Gasteiger charge is -2.19. The SMILES string of the molecule is CC(CNCCS(=O)(=O)c1cccc(C#N)c1)N(C)C. The summed E-state index contributed by atoms with van der Waals surface area (Å²) < 4.78 is 24.2. The minimum atomic E-state index is -3.34. The molecule has 110 valence electrons. The van der Waals surface area contributed by atoms with Gasteiger partial charge in [0.15, 0.2) is 9.84 Å². The summed E-state index contributed by atoms with van der Waals surface area (Å²) in [5.74, 6) is 0.0298. The Labute approximate surface area is 121 Å². The predicted molar refractivity (Wildman–Crippen MR) is 79.2 cm³/mol. The van der Waals surface area contributed by atoms with Crippen molar-refractivity contribution in [2.45, 2.75) is 17.9 Å². The molecule has 1 atom stereocenters. The molecule has 0 aliphatic carbocycles. The molecule has 1 aromatic rings. The average molecular weight is 295 g/mol. The molecule has 0 aliphatic rings. The maximum atomic E-state index is 12.1. The van der Waals surface area contributed by atoms with Gasteiger partial charge in [-0.2, -0.15) is 5.26 Å². The van der Waals surface area contributed by atoms with Gasteiger partial charge in [0, 0.05) is 19.1 Å². The summed E-state index contributed by atoms with van der Waals surface area (Å²) in [7, 11) is 0.627. The molecular weight excluding hydrogens is 274 g/mol. The molecule has 1 unspecified atom stereocenters. The van der Waals surface area contributed by atoms with E-state index in [-0.39, 0.29) is 10.6 Å². The van der Waals surface area contributed by atoms with E-state index >= 15 is 0 Å². The van der Waals surface area contributed by atoms with E-state index < -0.39 is 9.84 Å². The number of nitrogens with zero attached hydrogens (tertiary/aromatic N) is 2. The molecule has 0 heterocycles. The first-order valence-corrected chi connectivity index (χ1v) is 8.12. The van der Waals surface area contributed by atoms with E-state index in [1.54, 1.807) is 12.1 Å². The Hall–Kier alpha value is -1.42. The molecule has 1 aromatic carbocycles. The van der Waals surface area contributed by atoms with Gasteiger partial charge in [0.05, 0.1) is 22.3 Å². The van der Waals surface area contributed by atoms with Gasteiger partial charge in [-0.3, -0.25) is 0 Å². The number of hydrogen-bond donors (Lipinski definition) is 1. The Balaban J connectivity index is 2.56. The molecule has 0 saturated carbocycles. The Morgan fingerprint density at radius 1 is 1.40 bits per heavy atom. The third-order valence-electron chi connectivity index (χ3n) is 3.19. The molecule has 0 fully saturated rings. The molecule has 0 spiro atoms. The monoisotopic (exact) mass is 295 g/mol. The van der Waals surface area contributed by atoms with Crippen LogP contribution in [0.3, 0.4) is 0 Å². The number of nitriles is 1. The first-order valence-electron chi connectivity index (χ1n) is 6.47. The van der Waals surface area contributed by atoms with Gasteiger partial charge < -0.3 is 10.2 Å². The first kappa shape index (κ1) is 16.6. The molecule has 0 amide bonds. The van der Waals surface area contributed by atoms with Gasteiger partial charge in [-0.15, -0.1) is 0 Å². The fraction of sp³-hybridized carbons (Fsp3) is 0.500. The van der Waals surface area contributed by atoms with Crippen molar-refractivity contribution in [3.8, 4) is 6.07 Å². The summed E-state index contributed by atoms with van der Waals surface area (Å²) in [6.07, 6.45) is 0. The minimum absolute atomic E-state index is 0.0298. The Kier molecular flexibility index (Phi) is 6.14. The van der Waals surface area contributed by atoms with Crippen LogP contribution >= 0.6 is 0 Å². The normalized spacial score (nSPS) is 13.2. The van der Waals surface area contributed by atoms with E-state index in [0.717, 1.165) is 6.54 Å². The maximum Gasteiger partial charge on any atom is 0.179 e. The summed E-state index contributed by atoms with van der Waals surface area (Å²) in [4.78, 5) is 2.27. The van der Waals surface area contributed by atoms with Crippen LogP contribution in [0.4, 0.5) is 0 Å². The second kappa shape index (κ2) is 7.39. The van der Waals surface area contributed by atoms with Crippen molar-refractivity contribution in [1.82, 2.24) is 10.2 Å². The van der Waals surface area contributed by atoms with Crippen LogP contribution in [-0.4, -0.2) is 52.3 Å². The second-order valence-electron chi connectivity index (χ2n) is 4.98. The summed E-state index contributed by atoms with van der Waals surface area (Å²) >= 11 is 0. The van der Waals surface area contributed by atoms with Gasteiger partial charge in [0.1, 0.15) is 0 Å². The fourth-order valence-electron chi connectivity index (χ4n) is 1.58. The molecule has 0 radical (unpaired) electrons. The van der Waals surface area contributed by atoms with E-state index in [4.69, 9.17) is 5.26 Å². The standard InChI is InChI=1S/C14H21N3O2S/c1-12(17(2)3)11-16-7-8-20(18,19)14-6-4-5-13(9-14)10-15/h4-6,9,12,16H,7-8,11H2,1-3H3. The second-order valence-corrected chi connectivity index (χ2v) is 7.08. The number of likely N-dealkylation sites (N-methyl/N-ethyl adjacent to an activating group) is 1. The van der Waals surface area contributed by atoms with Crippen molar-refractivity contribution < 1.29 is 8.42 Å². The molecule has 0 aliphatic heterocycles. The summed E-state index contributed by atoms with van der Waals surface area (Å²) in [5, 5.41) is 11.9. The molecular formula is C14H21N3O2S. The van der Waals surface area contributed by atoms with E-state index in [9.17, 15) is 8.42 Å². The largest absolute Gasteiger partial charge is 0.314 e. The van der Waals surface area contributed by atoms with Crippen LogP contribution in [-0.2, 0) is 9.84 Å². The molecule has 1 rings (SSSR count). The van der Waals surface area contributed by atoms with Crippen molar-refractivity contribution in [2.24, 2.45) is 0 Å². The van der Waals surface area contributed by atoms with E-state index in [2.05, 4.69) is 17.1 Å². The third-order valence-corrected chi connectivity index (χ3v) is 4.90. The van der Waals surface area contributed by atoms with Crippen LogP contribution in [0.2, 0.25) is 0 Å². The zero-order chi connectivity index (χ0) is 15.2. The van der Waals surface area contributed by atoms with Crippen LogP contribution in [0.5, 0.6) is 0 Å². The van der Waals surface area contributed by atoms with Gasteiger partial charge in [0.25, 0.3) is 0 Å². The molecule has 0 saturated heterocycles. The van der Waals surface area contributed by atoms with Gasteiger partial charge >= 0.3 is 0 Å². The highest BCUT2D eigenvalue weighted by Crippen LogP contribution is 2.12. The molecule has 1 N–H and O–H groups in total. The van der Waals surface area contributed by atoms with E-state index in [0.29, 0.717) is 18.2 Å². The molecule has 0 bridgehead atoms. The highest BCUT2D eigenvalue weighted by atomic mass is 32.2. The topological polar surface area (TPSA) is 73.2 Å². The third kappa shape index (κ3) is 4.93. The molecule has 5 nitrogen and oxygen atoms in total. The fourth-order valence-corrected chi connectivity index (χ4v) is 2.82. The lowest BCUT2D eigenvalue weighted by Crippen LogP contribution is -2.37. The first-order chi connectivity index (χ1) is 9.36. The zero-order valence-electron chi connectivity index (χ0n) is 12.1. The van der Waals surface area contributed by atoms with Gasteiger partial charge in [-0.05, 0) is 39.2 Å². The quantitative estimate of drug-likeness (QED) is 0.756. The highest BCUT2D eigenvalue weighted by molar-refractivity contribution is 7.91. The number of rotatable bonds is 7. The Morgan fingerprint density at radius 2 is 2.10 bits per heavy atom. The lowest BCUT2D eigenvalue weighted by molar-refractivity contribution is 0.305. The highest BCUT2D eigenvalue weighted by Gasteiger charge is 2.14. The minimum Gasteiger partial charge on any atom is -0.314 e. The Morgan fingerprint density at radius 3 is 2.70 bits per heavy atom. The molecule has 0 aromatic heterocycles. The van der Waals surface area contributed by atoms with Crippen molar-refractivity contribution >= 4 is 9.84 Å². The number of sulfone groups is 1. The van der Waals surface area contributed by atoms with Crippen LogP contribution in [0, 0.1) is 11.3 Å². The summed E-state index contributed by atoms with van der Waals surface area (Å²) in [6, 6.07) is 8.42. The smallest absolute Gasteiger partial charge is 0.179 e. The Bertz CT molecular complexity index is 576. The molecule has 6 heteroatoms. The van der Waals surface area contributed by atoms with Crippen molar-refractivity contribution in [2.75, 3.05) is 32.9 Å². The van der Waals surface area contributed by atoms with Gasteiger partial charge in [-0.1, -0.05) is 6.07 Å². The van der Waals surface area contributed by atoms with E-state index in [1.807, 2.05) is 20.2 Å². The average Bonchev–Trinajstić information content (AvgIpc) is 2.43. The number of hydrogen-bond acceptors (Lipinski definition) is 5. The van der Waals surface area contributed by atoms with Crippen LogP contribution in [0.15, 0.2) is 29.2 Å².